The van der Waals surface area contributed by atoms with Crippen LogP contribution in [0.2, 0.25) is 0 Å². The lowest BCUT2D eigenvalue weighted by Gasteiger charge is -2.10. The van der Waals surface area contributed by atoms with Crippen LogP contribution in [0.5, 0.6) is 11.5 Å². The molecule has 0 saturated heterocycles. The van der Waals surface area contributed by atoms with E-state index in [0.717, 1.165) is 32.8 Å². The molecule has 3 aromatic heterocycles. The molecule has 0 saturated carbocycles. The van der Waals surface area contributed by atoms with Gasteiger partial charge >= 0.3 is 0 Å². The first kappa shape index (κ1) is 19.4. The zero-order valence-corrected chi connectivity index (χ0v) is 17.8. The summed E-state index contributed by atoms with van der Waals surface area (Å²) in [5.41, 5.74) is 2.84. The number of para-hydroxylation sites is 1. The highest BCUT2D eigenvalue weighted by atomic mass is 32.2. The van der Waals surface area contributed by atoms with Crippen molar-refractivity contribution in [2.24, 2.45) is 7.05 Å². The number of hydrogen-bond donors (Lipinski definition) is 0. The number of hydrogen-bond acceptors (Lipinski definition) is 8. The highest BCUT2D eigenvalue weighted by Crippen LogP contribution is 2.39. The molecule has 4 rings (SSSR count). The van der Waals surface area contributed by atoms with Crippen molar-refractivity contribution in [3.05, 3.63) is 53.8 Å². The first-order valence-electron chi connectivity index (χ1n) is 8.79. The van der Waals surface area contributed by atoms with Gasteiger partial charge in [-0.2, -0.15) is 0 Å². The summed E-state index contributed by atoms with van der Waals surface area (Å²) in [5, 5.41) is 12.4. The maximum atomic E-state index is 5.53. The van der Waals surface area contributed by atoms with Crippen molar-refractivity contribution in [1.82, 2.24) is 24.7 Å². The summed E-state index contributed by atoms with van der Waals surface area (Å²) in [5.74, 6) is 2.87. The number of methoxy groups -OCH3 is 2. The molecule has 0 N–H and O–H groups in total. The van der Waals surface area contributed by atoms with Crippen LogP contribution in [0.4, 0.5) is 0 Å². The summed E-state index contributed by atoms with van der Waals surface area (Å²) in [7, 11) is 5.23. The highest BCUT2D eigenvalue weighted by molar-refractivity contribution is 7.98. The molecule has 1 aromatic carbocycles. The molecule has 0 aliphatic carbocycles. The summed E-state index contributed by atoms with van der Waals surface area (Å²) in [6.45, 7) is 0. The second-order valence-electron chi connectivity index (χ2n) is 6.08. The van der Waals surface area contributed by atoms with Gasteiger partial charge in [-0.15, -0.1) is 21.5 Å². The van der Waals surface area contributed by atoms with Crippen molar-refractivity contribution in [2.45, 2.75) is 10.9 Å². The van der Waals surface area contributed by atoms with Gasteiger partial charge in [-0.25, -0.2) is 4.98 Å². The summed E-state index contributed by atoms with van der Waals surface area (Å²) < 4.78 is 12.9. The third-order valence-corrected chi connectivity index (χ3v) is 6.27. The molecule has 0 atom stereocenters. The Morgan fingerprint density at radius 2 is 2.00 bits per heavy atom. The fraction of sp³-hybridized carbons (Fsp3) is 0.200. The normalized spacial score (nSPS) is 10.9. The minimum Gasteiger partial charge on any atom is -0.493 e. The van der Waals surface area contributed by atoms with E-state index in [2.05, 4.69) is 20.6 Å². The summed E-state index contributed by atoms with van der Waals surface area (Å²) in [6, 6.07) is 9.66. The van der Waals surface area contributed by atoms with Gasteiger partial charge < -0.3 is 14.0 Å². The third-order valence-electron chi connectivity index (χ3n) is 4.29. The van der Waals surface area contributed by atoms with Gasteiger partial charge in [-0.3, -0.25) is 4.98 Å². The van der Waals surface area contributed by atoms with E-state index >= 15 is 0 Å². The molecule has 29 heavy (non-hydrogen) atoms. The minimum atomic E-state index is 0.693. The number of thiazole rings is 1. The molecule has 0 aliphatic rings. The Labute approximate surface area is 176 Å². The predicted octanol–water partition coefficient (Wildman–Crippen LogP) is 4.31. The van der Waals surface area contributed by atoms with Crippen molar-refractivity contribution < 1.29 is 9.47 Å². The molecule has 0 bridgehead atoms. The zero-order valence-electron chi connectivity index (χ0n) is 16.2. The Morgan fingerprint density at radius 1 is 1.10 bits per heavy atom. The topological polar surface area (TPSA) is 75.0 Å². The number of aromatic nitrogens is 5. The highest BCUT2D eigenvalue weighted by Gasteiger charge is 2.16. The average molecular weight is 426 g/mol. The van der Waals surface area contributed by atoms with E-state index in [0.29, 0.717) is 17.3 Å². The van der Waals surface area contributed by atoms with Gasteiger partial charge in [0.2, 0.25) is 0 Å². The fourth-order valence-electron chi connectivity index (χ4n) is 2.88. The second kappa shape index (κ2) is 8.62. The van der Waals surface area contributed by atoms with Crippen LogP contribution >= 0.6 is 23.1 Å². The van der Waals surface area contributed by atoms with Crippen LogP contribution < -0.4 is 9.47 Å². The van der Waals surface area contributed by atoms with Gasteiger partial charge in [0.05, 0.1) is 25.5 Å². The van der Waals surface area contributed by atoms with E-state index in [9.17, 15) is 0 Å². The van der Waals surface area contributed by atoms with E-state index in [1.54, 1.807) is 49.7 Å². The molecule has 148 valence electrons. The molecule has 0 spiro atoms. The molecule has 0 fully saturated rings. The number of rotatable bonds is 7. The van der Waals surface area contributed by atoms with Gasteiger partial charge in [0.1, 0.15) is 5.01 Å². The molecule has 4 aromatic rings. The molecule has 0 unspecified atom stereocenters. The second-order valence-corrected chi connectivity index (χ2v) is 7.88. The lowest BCUT2D eigenvalue weighted by molar-refractivity contribution is 0.356. The Morgan fingerprint density at radius 3 is 2.76 bits per heavy atom. The molecule has 0 aliphatic heterocycles. The van der Waals surface area contributed by atoms with Crippen LogP contribution in [0, 0.1) is 0 Å². The molecular weight excluding hydrogens is 406 g/mol. The number of thioether (sulfide) groups is 1. The first-order chi connectivity index (χ1) is 14.2. The molecular formula is C20H19N5O2S2. The van der Waals surface area contributed by atoms with Crippen LogP contribution in [-0.4, -0.2) is 39.0 Å². The molecule has 0 radical (unpaired) electrons. The number of pyridine rings is 1. The van der Waals surface area contributed by atoms with Crippen LogP contribution in [-0.2, 0) is 12.8 Å². The number of ether oxygens (including phenoxy) is 2. The fourth-order valence-corrected chi connectivity index (χ4v) is 4.63. The lowest BCUT2D eigenvalue weighted by Crippen LogP contribution is -1.95. The van der Waals surface area contributed by atoms with E-state index in [1.807, 2.05) is 41.9 Å². The summed E-state index contributed by atoms with van der Waals surface area (Å²) in [6.07, 6.45) is 3.53. The van der Waals surface area contributed by atoms with Gasteiger partial charge in [0.25, 0.3) is 0 Å². The largest absolute Gasteiger partial charge is 0.493 e. The van der Waals surface area contributed by atoms with Gasteiger partial charge in [-0.05, 0) is 24.3 Å². The molecule has 9 heteroatoms. The summed E-state index contributed by atoms with van der Waals surface area (Å²) >= 11 is 3.18. The van der Waals surface area contributed by atoms with E-state index in [4.69, 9.17) is 14.5 Å². The van der Waals surface area contributed by atoms with Gasteiger partial charge in [-0.1, -0.05) is 17.8 Å². The quantitative estimate of drug-likeness (QED) is 0.408. The maximum Gasteiger partial charge on any atom is 0.191 e. The first-order valence-corrected chi connectivity index (χ1v) is 10.7. The van der Waals surface area contributed by atoms with Crippen molar-refractivity contribution >= 4 is 23.1 Å². The SMILES string of the molecule is COc1cccc(-c2nc(CSc3nnc(-c4cccnc4)n3C)cs2)c1OC. The Bertz CT molecular complexity index is 1110. The summed E-state index contributed by atoms with van der Waals surface area (Å²) in [4.78, 5) is 8.92. The van der Waals surface area contributed by atoms with Gasteiger partial charge in [0, 0.05) is 36.1 Å². The number of nitrogens with zero attached hydrogens (tertiary/aromatic N) is 5. The van der Waals surface area contributed by atoms with E-state index in [1.165, 1.54) is 0 Å². The maximum absolute atomic E-state index is 5.53. The van der Waals surface area contributed by atoms with Crippen molar-refractivity contribution in [2.75, 3.05) is 14.2 Å². The molecule has 0 amide bonds. The minimum absolute atomic E-state index is 0.693. The average Bonchev–Trinajstić information content (AvgIpc) is 3.38. The zero-order chi connectivity index (χ0) is 20.2. The van der Waals surface area contributed by atoms with Crippen molar-refractivity contribution in [1.29, 1.82) is 0 Å². The molecule has 3 heterocycles. The van der Waals surface area contributed by atoms with Crippen molar-refractivity contribution in [3.63, 3.8) is 0 Å². The van der Waals surface area contributed by atoms with Crippen molar-refractivity contribution in [3.8, 4) is 33.5 Å². The lowest BCUT2D eigenvalue weighted by atomic mass is 10.2. The van der Waals surface area contributed by atoms with Crippen LogP contribution in [0.15, 0.2) is 53.3 Å². The van der Waals surface area contributed by atoms with Crippen LogP contribution in [0.1, 0.15) is 5.69 Å². The van der Waals surface area contributed by atoms with Gasteiger partial charge in [0.15, 0.2) is 22.5 Å². The standard InChI is InChI=1S/C20H19N5O2S2/c1-25-18(13-6-5-9-21-10-13)23-24-20(25)29-12-14-11-28-19(22-14)15-7-4-8-16(26-2)17(15)27-3/h4-11H,12H2,1-3H3. The van der Waals surface area contributed by atoms with E-state index < -0.39 is 0 Å². The van der Waals surface area contributed by atoms with Crippen LogP contribution in [0.25, 0.3) is 22.0 Å². The number of benzene rings is 1. The third kappa shape index (κ3) is 3.96. The Kier molecular flexibility index (Phi) is 5.77. The van der Waals surface area contributed by atoms with E-state index in [-0.39, 0.29) is 0 Å². The predicted molar refractivity (Wildman–Crippen MR) is 114 cm³/mol. The van der Waals surface area contributed by atoms with Crippen LogP contribution in [0.3, 0.4) is 0 Å². The molecule has 7 nitrogen and oxygen atoms in total. The smallest absolute Gasteiger partial charge is 0.191 e. The Hall–Kier alpha value is -2.91. The Balaban J connectivity index is 1.51. The monoisotopic (exact) mass is 425 g/mol.